The van der Waals surface area contributed by atoms with Crippen LogP contribution in [0.3, 0.4) is 0 Å². The fourth-order valence-electron chi connectivity index (χ4n) is 3.93. The van der Waals surface area contributed by atoms with E-state index in [9.17, 15) is 9.59 Å². The number of amides is 2. The van der Waals surface area contributed by atoms with E-state index in [0.29, 0.717) is 6.54 Å². The van der Waals surface area contributed by atoms with Crippen LogP contribution in [-0.4, -0.2) is 18.4 Å². The van der Waals surface area contributed by atoms with Crippen molar-refractivity contribution in [2.45, 2.75) is 41.0 Å². The van der Waals surface area contributed by atoms with Gasteiger partial charge >= 0.3 is 0 Å². The largest absolute Gasteiger partial charge is 0.325 e. The van der Waals surface area contributed by atoms with Crippen LogP contribution in [0.25, 0.3) is 0 Å². The van der Waals surface area contributed by atoms with Gasteiger partial charge in [-0.2, -0.15) is 0 Å². The van der Waals surface area contributed by atoms with E-state index < -0.39 is 0 Å². The Hall–Kier alpha value is -2.62. The summed E-state index contributed by atoms with van der Waals surface area (Å²) in [5, 5.41) is 3.05. The lowest BCUT2D eigenvalue weighted by Gasteiger charge is -2.21. The van der Waals surface area contributed by atoms with Crippen LogP contribution in [-0.2, 0) is 9.59 Å². The molecule has 2 aromatic rings. The molecule has 136 valence electrons. The van der Waals surface area contributed by atoms with Gasteiger partial charge in [-0.15, -0.1) is 0 Å². The number of carbonyl (C=O) groups excluding carboxylic acids is 2. The third-order valence-corrected chi connectivity index (χ3v) is 5.13. The van der Waals surface area contributed by atoms with Crippen LogP contribution in [0.4, 0.5) is 11.4 Å². The molecule has 1 saturated heterocycles. The molecule has 0 saturated carbocycles. The average Bonchev–Trinajstić information content (AvgIpc) is 2.92. The summed E-state index contributed by atoms with van der Waals surface area (Å²) in [6.45, 7) is 10.5. The normalized spacial score (nSPS) is 16.9. The molecule has 0 spiro atoms. The predicted molar refractivity (Wildman–Crippen MR) is 106 cm³/mol. The van der Waals surface area contributed by atoms with Crippen LogP contribution in [0.1, 0.15) is 34.2 Å². The summed E-state index contributed by atoms with van der Waals surface area (Å²) in [7, 11) is 0. The third-order valence-electron chi connectivity index (χ3n) is 5.13. The smallest absolute Gasteiger partial charge is 0.229 e. The van der Waals surface area contributed by atoms with E-state index in [2.05, 4.69) is 17.4 Å². The Morgan fingerprint density at radius 3 is 2.15 bits per heavy atom. The SMILES string of the molecule is Cc1cc(C)c(NC(=O)C2CC(=O)N(c3c(C)cccc3C)C2)c(C)c1. The van der Waals surface area contributed by atoms with Crippen molar-refractivity contribution in [2.24, 2.45) is 5.92 Å². The van der Waals surface area contributed by atoms with Gasteiger partial charge in [0.15, 0.2) is 0 Å². The van der Waals surface area contributed by atoms with Crippen LogP contribution in [0.2, 0.25) is 0 Å². The molecular formula is C22H26N2O2. The molecule has 1 unspecified atom stereocenters. The van der Waals surface area contributed by atoms with Crippen molar-refractivity contribution in [1.82, 2.24) is 0 Å². The van der Waals surface area contributed by atoms with Crippen LogP contribution < -0.4 is 10.2 Å². The van der Waals surface area contributed by atoms with Gasteiger partial charge in [-0.1, -0.05) is 35.9 Å². The number of hydrogen-bond acceptors (Lipinski definition) is 2. The maximum absolute atomic E-state index is 12.8. The number of para-hydroxylation sites is 1. The second-order valence-electron chi connectivity index (χ2n) is 7.41. The van der Waals surface area contributed by atoms with Gasteiger partial charge in [0.05, 0.1) is 5.92 Å². The standard InChI is InChI=1S/C22H26N2O2/c1-13-9-16(4)20(17(5)10-13)23-22(26)18-11-19(25)24(12-18)21-14(2)7-6-8-15(21)3/h6-10,18H,11-12H2,1-5H3,(H,23,26). The van der Waals surface area contributed by atoms with Gasteiger partial charge in [0.1, 0.15) is 0 Å². The zero-order chi connectivity index (χ0) is 19.0. The Morgan fingerprint density at radius 1 is 1.00 bits per heavy atom. The maximum Gasteiger partial charge on any atom is 0.229 e. The minimum Gasteiger partial charge on any atom is -0.325 e. The summed E-state index contributed by atoms with van der Waals surface area (Å²) in [5.41, 5.74) is 7.19. The number of benzene rings is 2. The number of nitrogens with zero attached hydrogens (tertiary/aromatic N) is 1. The number of hydrogen-bond donors (Lipinski definition) is 1. The van der Waals surface area contributed by atoms with Gasteiger partial charge in [0, 0.05) is 24.3 Å². The molecule has 3 rings (SSSR count). The predicted octanol–water partition coefficient (Wildman–Crippen LogP) is 4.22. The molecule has 0 aromatic heterocycles. The minimum atomic E-state index is -0.332. The second kappa shape index (κ2) is 6.94. The second-order valence-corrected chi connectivity index (χ2v) is 7.41. The molecule has 1 N–H and O–H groups in total. The van der Waals surface area contributed by atoms with Crippen molar-refractivity contribution in [3.63, 3.8) is 0 Å². The maximum atomic E-state index is 12.8. The van der Waals surface area contributed by atoms with Crippen LogP contribution in [0, 0.1) is 40.5 Å². The molecule has 1 aliphatic heterocycles. The summed E-state index contributed by atoms with van der Waals surface area (Å²) in [4.78, 5) is 27.1. The highest BCUT2D eigenvalue weighted by Crippen LogP contribution is 2.32. The van der Waals surface area contributed by atoms with Gasteiger partial charge in [-0.3, -0.25) is 9.59 Å². The Kier molecular flexibility index (Phi) is 4.86. The van der Waals surface area contributed by atoms with Gasteiger partial charge in [0.2, 0.25) is 11.8 Å². The lowest BCUT2D eigenvalue weighted by Crippen LogP contribution is -2.29. The number of nitrogens with one attached hydrogen (secondary N) is 1. The number of anilines is 2. The molecule has 4 nitrogen and oxygen atoms in total. The zero-order valence-corrected chi connectivity index (χ0v) is 16.1. The quantitative estimate of drug-likeness (QED) is 0.901. The Balaban J connectivity index is 1.80. The summed E-state index contributed by atoms with van der Waals surface area (Å²) in [6.07, 6.45) is 0.254. The Bertz CT molecular complexity index is 842. The van der Waals surface area contributed by atoms with Gasteiger partial charge in [-0.05, 0) is 56.9 Å². The highest BCUT2D eigenvalue weighted by atomic mass is 16.2. The molecule has 2 amide bonds. The molecule has 1 aliphatic rings. The van der Waals surface area contributed by atoms with Gasteiger partial charge in [0.25, 0.3) is 0 Å². The van der Waals surface area contributed by atoms with Crippen LogP contribution >= 0.6 is 0 Å². The molecule has 2 aromatic carbocycles. The zero-order valence-electron chi connectivity index (χ0n) is 16.1. The first-order chi connectivity index (χ1) is 12.3. The molecule has 26 heavy (non-hydrogen) atoms. The van der Waals surface area contributed by atoms with E-state index in [1.807, 2.05) is 52.8 Å². The van der Waals surface area contributed by atoms with Crippen molar-refractivity contribution >= 4 is 23.2 Å². The monoisotopic (exact) mass is 350 g/mol. The van der Waals surface area contributed by atoms with Gasteiger partial charge < -0.3 is 10.2 Å². The van der Waals surface area contributed by atoms with Crippen molar-refractivity contribution in [1.29, 1.82) is 0 Å². The lowest BCUT2D eigenvalue weighted by molar-refractivity contribution is -0.122. The van der Waals surface area contributed by atoms with Crippen molar-refractivity contribution in [2.75, 3.05) is 16.8 Å². The van der Waals surface area contributed by atoms with E-state index in [-0.39, 0.29) is 24.2 Å². The Morgan fingerprint density at radius 2 is 1.58 bits per heavy atom. The first kappa shape index (κ1) is 18.2. The molecular weight excluding hydrogens is 324 g/mol. The lowest BCUT2D eigenvalue weighted by atomic mass is 10.0. The Labute approximate surface area is 155 Å². The third kappa shape index (κ3) is 3.36. The van der Waals surface area contributed by atoms with Crippen molar-refractivity contribution in [3.05, 3.63) is 58.1 Å². The number of carbonyl (C=O) groups is 2. The summed E-state index contributed by atoms with van der Waals surface area (Å²) < 4.78 is 0. The van der Waals surface area contributed by atoms with E-state index in [1.165, 1.54) is 5.56 Å². The fraction of sp³-hybridized carbons (Fsp3) is 0.364. The fourth-order valence-corrected chi connectivity index (χ4v) is 3.93. The van der Waals surface area contributed by atoms with E-state index in [1.54, 1.807) is 4.90 Å². The van der Waals surface area contributed by atoms with Crippen LogP contribution in [0.15, 0.2) is 30.3 Å². The molecule has 4 heteroatoms. The first-order valence-corrected chi connectivity index (χ1v) is 9.03. The summed E-state index contributed by atoms with van der Waals surface area (Å²) >= 11 is 0. The highest BCUT2D eigenvalue weighted by molar-refractivity contribution is 6.04. The first-order valence-electron chi connectivity index (χ1n) is 9.03. The molecule has 1 heterocycles. The van der Waals surface area contributed by atoms with E-state index >= 15 is 0 Å². The molecule has 1 atom stereocenters. The topological polar surface area (TPSA) is 49.4 Å². The van der Waals surface area contributed by atoms with Gasteiger partial charge in [-0.25, -0.2) is 0 Å². The number of aryl methyl sites for hydroxylation is 5. The molecule has 0 radical (unpaired) electrons. The highest BCUT2D eigenvalue weighted by Gasteiger charge is 2.36. The molecule has 0 bridgehead atoms. The minimum absolute atomic E-state index is 0.0138. The number of rotatable bonds is 3. The molecule has 1 fully saturated rings. The summed E-state index contributed by atoms with van der Waals surface area (Å²) in [6, 6.07) is 10.1. The van der Waals surface area contributed by atoms with E-state index in [4.69, 9.17) is 0 Å². The van der Waals surface area contributed by atoms with Crippen LogP contribution in [0.5, 0.6) is 0 Å². The van der Waals surface area contributed by atoms with Crippen molar-refractivity contribution in [3.8, 4) is 0 Å². The van der Waals surface area contributed by atoms with Crippen molar-refractivity contribution < 1.29 is 9.59 Å². The average molecular weight is 350 g/mol. The van der Waals surface area contributed by atoms with E-state index in [0.717, 1.165) is 33.6 Å². The summed E-state index contributed by atoms with van der Waals surface area (Å²) in [5.74, 6) is -0.399. The molecule has 0 aliphatic carbocycles.